The molecule has 3 aromatic heterocycles. The predicted octanol–water partition coefficient (Wildman–Crippen LogP) is 4.28. The van der Waals surface area contributed by atoms with Gasteiger partial charge in [0.05, 0.1) is 24.9 Å². The molecule has 5 amide bonds. The molecule has 0 aromatic carbocycles. The van der Waals surface area contributed by atoms with Gasteiger partial charge in [0, 0.05) is 25.2 Å². The molecule has 0 spiro atoms. The molecule has 2 atom stereocenters. The number of methoxy groups -OCH3 is 1. The molecule has 16 heteroatoms. The van der Waals surface area contributed by atoms with Crippen molar-refractivity contribution in [1.82, 2.24) is 45.9 Å². The van der Waals surface area contributed by atoms with E-state index in [9.17, 15) is 24.0 Å². The molecular weight excluding hydrogens is 699 g/mol. The maximum absolute atomic E-state index is 13.4. The number of aromatic nitrogens is 4. The lowest BCUT2D eigenvalue weighted by molar-refractivity contribution is -0.142. The lowest BCUT2D eigenvalue weighted by Gasteiger charge is -2.36. The summed E-state index contributed by atoms with van der Waals surface area (Å²) in [6, 6.07) is 1.94. The standard InChI is InChI=1S/C22H37N5O5.C12H12N4OS.C3H8/c1-21(2,3)16(25-20(32)26-22(4,5)6)19(31)27-11-7-8-14(27)17(29)23-12-15(28)18(30)24-13-9-10-13;1-7-6-9(16(2)15-7)11-13-8-4-5-18-10(8)12(14-11)17-3;1-3-2/h13-14,16H,7-12H2,1-6H3,(H,23,29)(H,24,30)(H2,25,26,32);4-6H,1-3H3;3H2,1-2H3/t14?,16-;;/m1../s1. The van der Waals surface area contributed by atoms with E-state index in [1.165, 1.54) is 11.3 Å². The molecule has 4 heterocycles. The van der Waals surface area contributed by atoms with E-state index in [0.717, 1.165) is 34.4 Å². The molecule has 292 valence electrons. The highest BCUT2D eigenvalue weighted by Gasteiger charge is 2.42. The zero-order valence-electron chi connectivity index (χ0n) is 33.0. The Morgan fingerprint density at radius 3 is 2.25 bits per heavy atom. The number of Topliss-reactive ketones (excluding diaryl/α,β-unsaturated/α-hetero) is 1. The Kier molecular flexibility index (Phi) is 14.9. The van der Waals surface area contributed by atoms with E-state index in [2.05, 4.69) is 50.2 Å². The first-order chi connectivity index (χ1) is 24.8. The Balaban J connectivity index is 0.000000300. The molecule has 2 fully saturated rings. The second-order valence-corrected chi connectivity index (χ2v) is 16.3. The van der Waals surface area contributed by atoms with Crippen LogP contribution in [0, 0.1) is 12.3 Å². The van der Waals surface area contributed by atoms with Gasteiger partial charge >= 0.3 is 6.03 Å². The number of carbonyl (C=O) groups excluding carboxylic acids is 5. The van der Waals surface area contributed by atoms with Gasteiger partial charge in [0.2, 0.25) is 23.5 Å². The Bertz CT molecular complexity index is 1750. The van der Waals surface area contributed by atoms with Crippen molar-refractivity contribution in [2.75, 3.05) is 20.2 Å². The Morgan fingerprint density at radius 2 is 1.70 bits per heavy atom. The van der Waals surface area contributed by atoms with Crippen molar-refractivity contribution in [3.8, 4) is 17.4 Å². The van der Waals surface area contributed by atoms with Crippen molar-refractivity contribution in [1.29, 1.82) is 0 Å². The van der Waals surface area contributed by atoms with E-state index in [4.69, 9.17) is 4.74 Å². The van der Waals surface area contributed by atoms with Crippen LogP contribution in [0.5, 0.6) is 5.88 Å². The third kappa shape index (κ3) is 12.5. The summed E-state index contributed by atoms with van der Waals surface area (Å²) in [5, 5.41) is 16.9. The molecule has 2 aliphatic rings. The summed E-state index contributed by atoms with van der Waals surface area (Å²) in [5.74, 6) is -0.986. The average molecular weight is 756 g/mol. The smallest absolute Gasteiger partial charge is 0.315 e. The molecule has 0 bridgehead atoms. The lowest BCUT2D eigenvalue weighted by Crippen LogP contribution is -2.60. The van der Waals surface area contributed by atoms with Gasteiger partial charge in [0.1, 0.15) is 22.5 Å². The zero-order chi connectivity index (χ0) is 39.7. The fourth-order valence-electron chi connectivity index (χ4n) is 5.39. The molecule has 4 N–H and O–H groups in total. The van der Waals surface area contributed by atoms with Crippen LogP contribution in [-0.2, 0) is 26.2 Å². The van der Waals surface area contributed by atoms with Crippen molar-refractivity contribution in [2.45, 2.75) is 118 Å². The van der Waals surface area contributed by atoms with Crippen LogP contribution in [0.25, 0.3) is 21.7 Å². The van der Waals surface area contributed by atoms with E-state index >= 15 is 0 Å². The number of amides is 5. The highest BCUT2D eigenvalue weighted by atomic mass is 32.1. The number of thiophene rings is 1. The number of carbonyl (C=O) groups is 5. The van der Waals surface area contributed by atoms with Gasteiger partial charge in [-0.3, -0.25) is 23.9 Å². The van der Waals surface area contributed by atoms with Crippen molar-refractivity contribution >= 4 is 51.1 Å². The van der Waals surface area contributed by atoms with Gasteiger partial charge < -0.3 is 30.9 Å². The van der Waals surface area contributed by atoms with Crippen LogP contribution in [-0.4, -0.2) is 98.0 Å². The second-order valence-electron chi connectivity index (χ2n) is 15.4. The molecule has 53 heavy (non-hydrogen) atoms. The zero-order valence-corrected chi connectivity index (χ0v) is 33.8. The monoisotopic (exact) mass is 755 g/mol. The van der Waals surface area contributed by atoms with Crippen molar-refractivity contribution in [2.24, 2.45) is 12.5 Å². The summed E-state index contributed by atoms with van der Waals surface area (Å²) in [7, 11) is 3.51. The molecule has 1 aliphatic carbocycles. The first-order valence-corrected chi connectivity index (χ1v) is 19.0. The number of urea groups is 1. The fourth-order valence-corrected chi connectivity index (χ4v) is 6.19. The van der Waals surface area contributed by atoms with E-state index < -0.39 is 53.2 Å². The Labute approximate surface area is 316 Å². The number of aryl methyl sites for hydroxylation is 2. The number of ketones is 1. The van der Waals surface area contributed by atoms with Gasteiger partial charge in [-0.05, 0) is 76.3 Å². The van der Waals surface area contributed by atoms with Crippen molar-refractivity contribution in [3.05, 3.63) is 23.2 Å². The normalized spacial score (nSPS) is 16.0. The number of hydrogen-bond acceptors (Lipinski definition) is 10. The van der Waals surface area contributed by atoms with Gasteiger partial charge in [-0.15, -0.1) is 11.3 Å². The van der Waals surface area contributed by atoms with Crippen LogP contribution in [0.1, 0.15) is 93.2 Å². The minimum absolute atomic E-state index is 0.0578. The summed E-state index contributed by atoms with van der Waals surface area (Å²) in [4.78, 5) is 72.7. The summed E-state index contributed by atoms with van der Waals surface area (Å²) in [6.07, 6.45) is 4.05. The second kappa shape index (κ2) is 18.4. The van der Waals surface area contributed by atoms with E-state index in [1.807, 2.05) is 73.0 Å². The predicted molar refractivity (Wildman–Crippen MR) is 205 cm³/mol. The number of hydrogen-bond donors (Lipinski definition) is 4. The molecule has 1 unspecified atom stereocenters. The molecule has 1 saturated carbocycles. The number of nitrogens with one attached hydrogen (secondary N) is 4. The van der Waals surface area contributed by atoms with E-state index in [0.29, 0.717) is 31.1 Å². The van der Waals surface area contributed by atoms with Crippen LogP contribution in [0.4, 0.5) is 4.79 Å². The number of ether oxygens (including phenoxy) is 1. The van der Waals surface area contributed by atoms with Crippen LogP contribution in [0.2, 0.25) is 0 Å². The van der Waals surface area contributed by atoms with Crippen LogP contribution < -0.4 is 26.0 Å². The molecule has 1 aliphatic heterocycles. The minimum atomic E-state index is -0.843. The quantitative estimate of drug-likeness (QED) is 0.231. The summed E-state index contributed by atoms with van der Waals surface area (Å²) in [6.45, 7) is 17.2. The van der Waals surface area contributed by atoms with Crippen LogP contribution >= 0.6 is 11.3 Å². The molecule has 0 radical (unpaired) electrons. The first-order valence-electron chi connectivity index (χ1n) is 18.1. The van der Waals surface area contributed by atoms with E-state index in [1.54, 1.807) is 23.1 Å². The molecule has 15 nitrogen and oxygen atoms in total. The largest absolute Gasteiger partial charge is 0.480 e. The summed E-state index contributed by atoms with van der Waals surface area (Å²) >= 11 is 1.58. The number of likely N-dealkylation sites (tertiary alicyclic amines) is 1. The molecule has 5 rings (SSSR count). The van der Waals surface area contributed by atoms with E-state index in [-0.39, 0.29) is 11.9 Å². The maximum Gasteiger partial charge on any atom is 0.315 e. The molecule has 1 saturated heterocycles. The highest BCUT2D eigenvalue weighted by molar-refractivity contribution is 7.17. The van der Waals surface area contributed by atoms with Crippen LogP contribution in [0.3, 0.4) is 0 Å². The SMILES string of the molecule is CC(C)(C)NC(=O)N[C@H](C(=O)N1CCCC1C(=O)NCC(=O)C(=O)NC1CC1)C(C)(C)C.CCC.COc1nc(-c2cc(C)nn2C)nc2ccsc12. The minimum Gasteiger partial charge on any atom is -0.480 e. The lowest BCUT2D eigenvalue weighted by atomic mass is 9.85. The molecular formula is C37H57N9O6S. The van der Waals surface area contributed by atoms with Crippen LogP contribution in [0.15, 0.2) is 17.5 Å². The van der Waals surface area contributed by atoms with Crippen molar-refractivity contribution < 1.29 is 28.7 Å². The van der Waals surface area contributed by atoms with Gasteiger partial charge in [0.15, 0.2) is 5.82 Å². The average Bonchev–Trinajstić information content (AvgIpc) is 3.40. The number of nitrogens with zero attached hydrogens (tertiary/aromatic N) is 5. The van der Waals surface area contributed by atoms with Gasteiger partial charge in [0.25, 0.3) is 5.91 Å². The van der Waals surface area contributed by atoms with Gasteiger partial charge in [-0.25, -0.2) is 9.78 Å². The summed E-state index contributed by atoms with van der Waals surface area (Å²) < 4.78 is 8.08. The Morgan fingerprint density at radius 1 is 1.04 bits per heavy atom. The van der Waals surface area contributed by atoms with Crippen molar-refractivity contribution in [3.63, 3.8) is 0 Å². The highest BCUT2D eigenvalue weighted by Crippen LogP contribution is 2.30. The third-order valence-electron chi connectivity index (χ3n) is 8.00. The number of rotatable bonds is 9. The number of fused-ring (bicyclic) bond motifs is 1. The maximum atomic E-state index is 13.4. The van der Waals surface area contributed by atoms with Gasteiger partial charge in [-0.1, -0.05) is 41.0 Å². The molecule has 3 aromatic rings. The summed E-state index contributed by atoms with van der Waals surface area (Å²) in [5.41, 5.74) is 1.68. The topological polar surface area (TPSA) is 190 Å². The van der Waals surface area contributed by atoms with Gasteiger partial charge in [-0.2, -0.15) is 10.1 Å². The first kappa shape index (κ1) is 42.8. The Hall–Kier alpha value is -4.60. The fraction of sp³-hybridized carbons (Fsp3) is 0.622. The third-order valence-corrected chi connectivity index (χ3v) is 8.89.